The van der Waals surface area contributed by atoms with E-state index in [2.05, 4.69) is 77.4 Å². The van der Waals surface area contributed by atoms with E-state index in [9.17, 15) is 0 Å². The monoisotopic (exact) mass is 332 g/mol. The summed E-state index contributed by atoms with van der Waals surface area (Å²) < 4.78 is 2.54. The van der Waals surface area contributed by atoms with Gasteiger partial charge >= 0.3 is 0 Å². The number of thioether (sulfide) groups is 2. The van der Waals surface area contributed by atoms with Gasteiger partial charge in [-0.3, -0.25) is 0 Å². The lowest BCUT2D eigenvalue weighted by Crippen LogP contribution is -2.21. The van der Waals surface area contributed by atoms with E-state index in [-0.39, 0.29) is 0 Å². The standard InChI is InChI=1S/C18H24N2S2/c1-15-4-6-17(7-5-15)12-18(21-13-16(2)22-18)8-3-10-20-11-9-19-14-20/h4-7,9,11,14,16H,3,8,10,12-13H2,1-2H3. The first-order valence-electron chi connectivity index (χ1n) is 7.98. The maximum absolute atomic E-state index is 4.13. The summed E-state index contributed by atoms with van der Waals surface area (Å²) in [6.07, 6.45) is 9.50. The first kappa shape index (κ1) is 16.0. The van der Waals surface area contributed by atoms with E-state index >= 15 is 0 Å². The van der Waals surface area contributed by atoms with Crippen LogP contribution in [-0.4, -0.2) is 24.6 Å². The SMILES string of the molecule is Cc1ccc(CC2(CCCn3ccnc3)SCC(C)S2)cc1. The van der Waals surface area contributed by atoms with Gasteiger partial charge in [0.25, 0.3) is 0 Å². The lowest BCUT2D eigenvalue weighted by Gasteiger charge is -2.28. The van der Waals surface area contributed by atoms with Crippen LogP contribution in [0.15, 0.2) is 43.0 Å². The third-order valence-electron chi connectivity index (χ3n) is 4.12. The maximum atomic E-state index is 4.13. The van der Waals surface area contributed by atoms with Crippen molar-refractivity contribution in [2.45, 2.75) is 49.0 Å². The van der Waals surface area contributed by atoms with Crippen LogP contribution < -0.4 is 0 Å². The maximum Gasteiger partial charge on any atom is 0.0945 e. The molecule has 0 bridgehead atoms. The average molecular weight is 333 g/mol. The van der Waals surface area contributed by atoms with Crippen molar-refractivity contribution >= 4 is 23.5 Å². The molecule has 0 aliphatic carbocycles. The molecule has 0 radical (unpaired) electrons. The van der Waals surface area contributed by atoms with Crippen molar-refractivity contribution in [2.24, 2.45) is 0 Å². The number of hydrogen-bond donors (Lipinski definition) is 0. The molecule has 1 aromatic carbocycles. The third kappa shape index (κ3) is 4.11. The molecule has 2 unspecified atom stereocenters. The predicted molar refractivity (Wildman–Crippen MR) is 98.6 cm³/mol. The molecule has 1 fully saturated rings. The predicted octanol–water partition coefficient (Wildman–Crippen LogP) is 4.78. The van der Waals surface area contributed by atoms with Crippen molar-refractivity contribution in [3.05, 3.63) is 54.1 Å². The molecule has 1 aliphatic heterocycles. The molecular formula is C18H24N2S2. The van der Waals surface area contributed by atoms with Crippen LogP contribution in [0.5, 0.6) is 0 Å². The Morgan fingerprint density at radius 2 is 2.14 bits per heavy atom. The van der Waals surface area contributed by atoms with Crippen LogP contribution >= 0.6 is 23.5 Å². The highest BCUT2D eigenvalue weighted by atomic mass is 32.2. The zero-order chi connectivity index (χ0) is 15.4. The Labute approximate surface area is 142 Å². The third-order valence-corrected chi connectivity index (χ3v) is 7.87. The van der Waals surface area contributed by atoms with Crippen molar-refractivity contribution in [1.82, 2.24) is 9.55 Å². The minimum atomic E-state index is 0.356. The Hall–Kier alpha value is -0.870. The lowest BCUT2D eigenvalue weighted by molar-refractivity contribution is 0.578. The summed E-state index contributed by atoms with van der Waals surface area (Å²) >= 11 is 4.36. The number of aromatic nitrogens is 2. The summed E-state index contributed by atoms with van der Waals surface area (Å²) in [4.78, 5) is 4.13. The van der Waals surface area contributed by atoms with E-state index < -0.39 is 0 Å². The van der Waals surface area contributed by atoms with Gasteiger partial charge in [-0.25, -0.2) is 4.98 Å². The molecule has 0 saturated carbocycles. The van der Waals surface area contributed by atoms with Gasteiger partial charge in [0, 0.05) is 29.9 Å². The van der Waals surface area contributed by atoms with Crippen LogP contribution in [0.25, 0.3) is 0 Å². The first-order chi connectivity index (χ1) is 10.7. The number of nitrogens with zero attached hydrogens (tertiary/aromatic N) is 2. The highest BCUT2D eigenvalue weighted by Crippen LogP contribution is 2.52. The molecule has 1 saturated heterocycles. The van der Waals surface area contributed by atoms with Gasteiger partial charge in [-0.2, -0.15) is 0 Å². The van der Waals surface area contributed by atoms with Crippen LogP contribution in [0.4, 0.5) is 0 Å². The minimum Gasteiger partial charge on any atom is -0.337 e. The molecule has 3 rings (SSSR count). The van der Waals surface area contributed by atoms with Crippen LogP contribution in [0.1, 0.15) is 30.9 Å². The highest BCUT2D eigenvalue weighted by molar-refractivity contribution is 8.21. The molecule has 2 nitrogen and oxygen atoms in total. The number of imidazole rings is 1. The van der Waals surface area contributed by atoms with E-state index in [1.807, 2.05) is 12.5 Å². The van der Waals surface area contributed by atoms with Crippen molar-refractivity contribution in [1.29, 1.82) is 0 Å². The molecule has 0 amide bonds. The molecule has 1 aliphatic rings. The summed E-state index contributed by atoms with van der Waals surface area (Å²) in [5.41, 5.74) is 2.82. The van der Waals surface area contributed by atoms with E-state index in [0.717, 1.165) is 11.8 Å². The second kappa shape index (κ2) is 7.14. The zero-order valence-electron chi connectivity index (χ0n) is 13.4. The summed E-state index contributed by atoms with van der Waals surface area (Å²) in [6, 6.07) is 9.08. The minimum absolute atomic E-state index is 0.356. The quantitative estimate of drug-likeness (QED) is 0.758. The molecule has 2 aromatic rings. The van der Waals surface area contributed by atoms with Gasteiger partial charge < -0.3 is 4.57 Å². The zero-order valence-corrected chi connectivity index (χ0v) is 15.0. The largest absolute Gasteiger partial charge is 0.337 e. The van der Waals surface area contributed by atoms with E-state index in [0.29, 0.717) is 4.08 Å². The Kier molecular flexibility index (Phi) is 5.19. The second-order valence-corrected chi connectivity index (χ2v) is 9.70. The van der Waals surface area contributed by atoms with Gasteiger partial charge in [0.05, 0.1) is 10.4 Å². The first-order valence-corrected chi connectivity index (χ1v) is 9.85. The number of hydrogen-bond acceptors (Lipinski definition) is 3. The normalized spacial score (nSPS) is 24.7. The molecule has 0 N–H and O–H groups in total. The van der Waals surface area contributed by atoms with Crippen molar-refractivity contribution in [3.63, 3.8) is 0 Å². The highest BCUT2D eigenvalue weighted by Gasteiger charge is 2.38. The molecule has 22 heavy (non-hydrogen) atoms. The fourth-order valence-corrected chi connectivity index (χ4v) is 6.77. The van der Waals surface area contributed by atoms with Gasteiger partial charge in [-0.15, -0.1) is 23.5 Å². The molecule has 2 heterocycles. The number of rotatable bonds is 6. The van der Waals surface area contributed by atoms with Crippen LogP contribution in [0, 0.1) is 6.92 Å². The molecular weight excluding hydrogens is 308 g/mol. The van der Waals surface area contributed by atoms with E-state index in [4.69, 9.17) is 0 Å². The summed E-state index contributed by atoms with van der Waals surface area (Å²) in [7, 11) is 0. The van der Waals surface area contributed by atoms with Crippen molar-refractivity contribution in [3.8, 4) is 0 Å². The summed E-state index contributed by atoms with van der Waals surface area (Å²) in [5.74, 6) is 1.28. The topological polar surface area (TPSA) is 17.8 Å². The molecule has 0 spiro atoms. The van der Waals surface area contributed by atoms with E-state index in [1.165, 1.54) is 36.1 Å². The van der Waals surface area contributed by atoms with Crippen LogP contribution in [-0.2, 0) is 13.0 Å². The fraction of sp³-hybridized carbons (Fsp3) is 0.500. The van der Waals surface area contributed by atoms with E-state index in [1.54, 1.807) is 0 Å². The number of benzene rings is 1. The van der Waals surface area contributed by atoms with Gasteiger partial charge in [-0.1, -0.05) is 36.8 Å². The van der Waals surface area contributed by atoms with Crippen LogP contribution in [0.3, 0.4) is 0 Å². The number of aryl methyl sites for hydroxylation is 2. The Morgan fingerprint density at radius 1 is 1.32 bits per heavy atom. The average Bonchev–Trinajstić information content (AvgIpc) is 3.13. The summed E-state index contributed by atoms with van der Waals surface area (Å²) in [6.45, 7) is 5.60. The van der Waals surface area contributed by atoms with Gasteiger partial charge in [0.15, 0.2) is 0 Å². The molecule has 118 valence electrons. The Balaban J connectivity index is 1.64. The Morgan fingerprint density at radius 3 is 2.77 bits per heavy atom. The van der Waals surface area contributed by atoms with Crippen molar-refractivity contribution in [2.75, 3.05) is 5.75 Å². The van der Waals surface area contributed by atoms with Gasteiger partial charge in [-0.05, 0) is 31.7 Å². The molecule has 1 aromatic heterocycles. The smallest absolute Gasteiger partial charge is 0.0945 e. The lowest BCUT2D eigenvalue weighted by atomic mass is 10.0. The summed E-state index contributed by atoms with van der Waals surface area (Å²) in [5, 5.41) is 0.767. The Bertz CT molecular complexity index is 580. The van der Waals surface area contributed by atoms with Gasteiger partial charge in [0.1, 0.15) is 0 Å². The molecule has 4 heteroatoms. The second-order valence-electron chi connectivity index (χ2n) is 6.22. The fourth-order valence-electron chi connectivity index (χ4n) is 2.98. The van der Waals surface area contributed by atoms with Crippen molar-refractivity contribution < 1.29 is 0 Å². The van der Waals surface area contributed by atoms with Gasteiger partial charge in [0.2, 0.25) is 0 Å². The molecule has 2 atom stereocenters. The van der Waals surface area contributed by atoms with Crippen LogP contribution in [0.2, 0.25) is 0 Å².